The van der Waals surface area contributed by atoms with Gasteiger partial charge in [-0.15, -0.1) is 0 Å². The summed E-state index contributed by atoms with van der Waals surface area (Å²) in [4.78, 5) is 4.74. The number of benzene rings is 3. The van der Waals surface area contributed by atoms with Crippen LogP contribution in [0.25, 0.3) is 16.9 Å². The third-order valence-corrected chi connectivity index (χ3v) is 5.06. The van der Waals surface area contributed by atoms with Crippen LogP contribution in [0.5, 0.6) is 5.75 Å². The Kier molecular flexibility index (Phi) is 5.58. The number of halogens is 1. The minimum Gasteiger partial charge on any atom is -0.496 e. The van der Waals surface area contributed by atoms with Gasteiger partial charge in [-0.25, -0.2) is 9.67 Å². The highest BCUT2D eigenvalue weighted by Gasteiger charge is 2.11. The molecule has 5 heteroatoms. The number of para-hydroxylation sites is 1. The van der Waals surface area contributed by atoms with E-state index in [0.29, 0.717) is 0 Å². The van der Waals surface area contributed by atoms with Crippen molar-refractivity contribution in [3.8, 4) is 22.7 Å². The van der Waals surface area contributed by atoms with Crippen LogP contribution in [-0.4, -0.2) is 23.1 Å². The number of aromatic nitrogens is 2. The summed E-state index contributed by atoms with van der Waals surface area (Å²) in [5, 5.41) is 4.82. The van der Waals surface area contributed by atoms with Crippen molar-refractivity contribution in [1.29, 1.82) is 0 Å². The van der Waals surface area contributed by atoms with E-state index in [2.05, 4.69) is 47.1 Å². The molecule has 0 aliphatic heterocycles. The summed E-state index contributed by atoms with van der Waals surface area (Å²) in [5.41, 5.74) is 5.00. The van der Waals surface area contributed by atoms with Crippen LogP contribution >= 0.6 is 15.9 Å². The van der Waals surface area contributed by atoms with Crippen molar-refractivity contribution >= 4 is 28.0 Å². The highest BCUT2D eigenvalue weighted by Crippen LogP contribution is 2.28. The largest absolute Gasteiger partial charge is 0.496 e. The smallest absolute Gasteiger partial charge is 0.156 e. The lowest BCUT2D eigenvalue weighted by molar-refractivity contribution is 0.414. The van der Waals surface area contributed by atoms with E-state index >= 15 is 0 Å². The Morgan fingerprint density at radius 3 is 2.45 bits per heavy atom. The Bertz CT molecular complexity index is 1150. The Morgan fingerprint density at radius 2 is 1.72 bits per heavy atom. The highest BCUT2D eigenvalue weighted by molar-refractivity contribution is 9.10. The molecule has 0 fully saturated rings. The molecule has 0 amide bonds. The van der Waals surface area contributed by atoms with Gasteiger partial charge in [-0.1, -0.05) is 64.0 Å². The van der Waals surface area contributed by atoms with E-state index in [1.165, 1.54) is 5.56 Å². The normalized spacial score (nSPS) is 11.1. The fraction of sp³-hybridized carbons (Fsp3) is 0.0833. The Balaban J connectivity index is 1.79. The molecule has 3 aromatic carbocycles. The van der Waals surface area contributed by atoms with E-state index in [1.807, 2.05) is 59.3 Å². The fourth-order valence-corrected chi connectivity index (χ4v) is 3.41. The van der Waals surface area contributed by atoms with E-state index in [4.69, 9.17) is 14.8 Å². The zero-order valence-electron chi connectivity index (χ0n) is 16.2. The predicted molar refractivity (Wildman–Crippen MR) is 122 cm³/mol. The van der Waals surface area contributed by atoms with E-state index < -0.39 is 0 Å². The topological polar surface area (TPSA) is 39.4 Å². The second kappa shape index (κ2) is 8.45. The summed E-state index contributed by atoms with van der Waals surface area (Å²) in [6, 6.07) is 26.2. The summed E-state index contributed by atoms with van der Waals surface area (Å²) in [6.45, 7) is 2.08. The standard InChI is InChI=1S/C24H20BrN3O/c1-17-8-10-18(11-9-17)22-15-24(28(27-22)21-6-4-3-5-7-21)26-16-19-14-20(25)12-13-23(19)29-2/h3-16H,1-2H3. The van der Waals surface area contributed by atoms with Gasteiger partial charge in [0, 0.05) is 27.9 Å². The summed E-state index contributed by atoms with van der Waals surface area (Å²) in [5.74, 6) is 1.51. The van der Waals surface area contributed by atoms with E-state index in [-0.39, 0.29) is 0 Å². The van der Waals surface area contributed by atoms with Crippen LogP contribution in [0.1, 0.15) is 11.1 Å². The fourth-order valence-electron chi connectivity index (χ4n) is 3.03. The van der Waals surface area contributed by atoms with Crippen molar-refractivity contribution in [3.05, 3.63) is 94.5 Å². The summed E-state index contributed by atoms with van der Waals surface area (Å²) in [6.07, 6.45) is 1.80. The van der Waals surface area contributed by atoms with Gasteiger partial charge >= 0.3 is 0 Å². The van der Waals surface area contributed by atoms with E-state index in [9.17, 15) is 0 Å². The molecule has 0 aliphatic rings. The van der Waals surface area contributed by atoms with Crippen LogP contribution in [0.4, 0.5) is 5.82 Å². The molecule has 4 aromatic rings. The van der Waals surface area contributed by atoms with Gasteiger partial charge in [-0.05, 0) is 37.3 Å². The Hall–Kier alpha value is -3.18. The number of hydrogen-bond donors (Lipinski definition) is 0. The second-order valence-corrected chi connectivity index (χ2v) is 7.56. The van der Waals surface area contributed by atoms with Crippen molar-refractivity contribution < 1.29 is 4.74 Å². The van der Waals surface area contributed by atoms with Gasteiger partial charge in [0.05, 0.1) is 18.5 Å². The Morgan fingerprint density at radius 1 is 0.966 bits per heavy atom. The third kappa shape index (κ3) is 4.30. The van der Waals surface area contributed by atoms with Crippen LogP contribution in [0.3, 0.4) is 0 Å². The highest BCUT2D eigenvalue weighted by atomic mass is 79.9. The SMILES string of the molecule is COc1ccc(Br)cc1C=Nc1cc(-c2ccc(C)cc2)nn1-c1ccccc1. The second-order valence-electron chi connectivity index (χ2n) is 6.65. The van der Waals surface area contributed by atoms with Crippen molar-refractivity contribution in [1.82, 2.24) is 9.78 Å². The van der Waals surface area contributed by atoms with Crippen LogP contribution in [-0.2, 0) is 0 Å². The molecule has 1 heterocycles. The maximum absolute atomic E-state index is 5.45. The quantitative estimate of drug-likeness (QED) is 0.334. The molecule has 0 N–H and O–H groups in total. The lowest BCUT2D eigenvalue weighted by Gasteiger charge is -2.05. The van der Waals surface area contributed by atoms with Crippen molar-refractivity contribution in [2.24, 2.45) is 4.99 Å². The molecule has 144 valence electrons. The van der Waals surface area contributed by atoms with Gasteiger partial charge < -0.3 is 4.74 Å². The van der Waals surface area contributed by atoms with Crippen LogP contribution < -0.4 is 4.74 Å². The molecular formula is C24H20BrN3O. The maximum atomic E-state index is 5.45. The molecule has 29 heavy (non-hydrogen) atoms. The van der Waals surface area contributed by atoms with Crippen LogP contribution in [0.15, 0.2) is 88.3 Å². The molecule has 4 rings (SSSR count). The number of ether oxygens (including phenoxy) is 1. The maximum Gasteiger partial charge on any atom is 0.156 e. The average Bonchev–Trinajstić information content (AvgIpc) is 3.18. The minimum atomic E-state index is 0.744. The molecule has 0 unspecified atom stereocenters. The first-order valence-corrected chi connectivity index (χ1v) is 10.0. The summed E-state index contributed by atoms with van der Waals surface area (Å²) < 4.78 is 8.28. The van der Waals surface area contributed by atoms with Gasteiger partial charge in [0.2, 0.25) is 0 Å². The lowest BCUT2D eigenvalue weighted by atomic mass is 10.1. The first-order chi connectivity index (χ1) is 14.1. The molecular weight excluding hydrogens is 426 g/mol. The summed E-state index contributed by atoms with van der Waals surface area (Å²) >= 11 is 3.51. The number of hydrogen-bond acceptors (Lipinski definition) is 3. The minimum absolute atomic E-state index is 0.744. The van der Waals surface area contributed by atoms with Gasteiger partial charge in [-0.2, -0.15) is 5.10 Å². The van der Waals surface area contributed by atoms with Crippen LogP contribution in [0, 0.1) is 6.92 Å². The Labute approximate surface area is 178 Å². The zero-order valence-corrected chi connectivity index (χ0v) is 17.8. The van der Waals surface area contributed by atoms with E-state index in [1.54, 1.807) is 13.3 Å². The number of rotatable bonds is 5. The van der Waals surface area contributed by atoms with Gasteiger partial charge in [-0.3, -0.25) is 0 Å². The van der Waals surface area contributed by atoms with Crippen molar-refractivity contribution in [2.45, 2.75) is 6.92 Å². The first-order valence-electron chi connectivity index (χ1n) is 9.24. The average molecular weight is 446 g/mol. The van der Waals surface area contributed by atoms with E-state index in [0.717, 1.165) is 38.5 Å². The third-order valence-electron chi connectivity index (χ3n) is 4.57. The monoisotopic (exact) mass is 445 g/mol. The first kappa shape index (κ1) is 19.2. The van der Waals surface area contributed by atoms with Crippen molar-refractivity contribution in [2.75, 3.05) is 7.11 Å². The van der Waals surface area contributed by atoms with Crippen LogP contribution in [0.2, 0.25) is 0 Å². The predicted octanol–water partition coefficient (Wildman–Crippen LogP) is 6.37. The number of nitrogens with zero attached hydrogens (tertiary/aromatic N) is 3. The molecule has 0 bridgehead atoms. The zero-order chi connectivity index (χ0) is 20.2. The lowest BCUT2D eigenvalue weighted by Crippen LogP contribution is -1.96. The number of methoxy groups -OCH3 is 1. The molecule has 0 saturated carbocycles. The molecule has 0 spiro atoms. The summed E-state index contributed by atoms with van der Waals surface area (Å²) in [7, 11) is 1.66. The van der Waals surface area contributed by atoms with Gasteiger partial charge in [0.1, 0.15) is 5.75 Å². The molecule has 0 atom stereocenters. The molecule has 1 aromatic heterocycles. The molecule has 4 nitrogen and oxygen atoms in total. The van der Waals surface area contributed by atoms with Gasteiger partial charge in [0.15, 0.2) is 5.82 Å². The van der Waals surface area contributed by atoms with Gasteiger partial charge in [0.25, 0.3) is 0 Å². The number of aliphatic imine (C=N–C) groups is 1. The molecule has 0 saturated heterocycles. The number of aryl methyl sites for hydroxylation is 1. The molecule has 0 radical (unpaired) electrons. The molecule has 0 aliphatic carbocycles. The van der Waals surface area contributed by atoms with Crippen molar-refractivity contribution in [3.63, 3.8) is 0 Å².